The number of hydrogen-bond donors (Lipinski definition) is 0. The van der Waals surface area contributed by atoms with Gasteiger partial charge in [-0.05, 0) is 37.3 Å². The van der Waals surface area contributed by atoms with Crippen molar-refractivity contribution >= 4 is 10.0 Å². The van der Waals surface area contributed by atoms with Gasteiger partial charge in [-0.1, -0.05) is 13.8 Å². The van der Waals surface area contributed by atoms with E-state index < -0.39 is 10.0 Å². The molecule has 5 nitrogen and oxygen atoms in total. The molecule has 0 atom stereocenters. The minimum atomic E-state index is -3.50. The Morgan fingerprint density at radius 1 is 1.45 bits per heavy atom. The van der Waals surface area contributed by atoms with Gasteiger partial charge in [-0.15, -0.1) is 0 Å². The Morgan fingerprint density at radius 3 is 2.60 bits per heavy atom. The number of aromatic nitrogens is 1. The lowest BCUT2D eigenvalue weighted by Crippen LogP contribution is -2.34. The number of pyridine rings is 1. The molecule has 0 aliphatic heterocycles. The fraction of sp³-hybridized carbons (Fsp3) is 0.571. The average molecular weight is 293 g/mol. The highest BCUT2D eigenvalue weighted by Crippen LogP contribution is 2.32. The van der Waals surface area contributed by atoms with E-state index in [0.29, 0.717) is 12.5 Å². The topological polar surface area (TPSA) is 74.1 Å². The van der Waals surface area contributed by atoms with Crippen LogP contribution in [0.4, 0.5) is 0 Å². The van der Waals surface area contributed by atoms with Crippen LogP contribution in [0.1, 0.15) is 38.8 Å². The lowest BCUT2D eigenvalue weighted by Gasteiger charge is -2.22. The van der Waals surface area contributed by atoms with Gasteiger partial charge in [0.1, 0.15) is 16.7 Å². The molecule has 0 aromatic carbocycles. The summed E-state index contributed by atoms with van der Waals surface area (Å²) in [6, 6.07) is 4.93. The van der Waals surface area contributed by atoms with E-state index in [-0.39, 0.29) is 16.6 Å². The molecule has 0 N–H and O–H groups in total. The van der Waals surface area contributed by atoms with E-state index in [1.165, 1.54) is 18.3 Å². The minimum Gasteiger partial charge on any atom is -0.244 e. The first-order valence-electron chi connectivity index (χ1n) is 6.83. The van der Waals surface area contributed by atoms with E-state index in [0.717, 1.165) is 19.3 Å². The fourth-order valence-corrected chi connectivity index (χ4v) is 3.63. The lowest BCUT2D eigenvalue weighted by molar-refractivity contribution is 0.373. The predicted octanol–water partition coefficient (Wildman–Crippen LogP) is 2.15. The number of rotatable bonds is 6. The summed E-state index contributed by atoms with van der Waals surface area (Å²) in [7, 11) is -3.50. The van der Waals surface area contributed by atoms with E-state index >= 15 is 0 Å². The highest BCUT2D eigenvalue weighted by atomic mass is 32.2. The Kier molecular flexibility index (Phi) is 4.41. The average Bonchev–Trinajstić information content (AvgIpc) is 3.23. The van der Waals surface area contributed by atoms with Crippen LogP contribution in [-0.2, 0) is 10.0 Å². The molecule has 1 fully saturated rings. The third kappa shape index (κ3) is 3.35. The first kappa shape index (κ1) is 14.9. The molecule has 0 spiro atoms. The first-order valence-corrected chi connectivity index (χ1v) is 8.27. The van der Waals surface area contributed by atoms with Crippen LogP contribution in [0.15, 0.2) is 23.2 Å². The molecular formula is C14H19N3O2S. The number of sulfonamides is 1. The Labute approximate surface area is 120 Å². The largest absolute Gasteiger partial charge is 0.244 e. The number of nitriles is 1. The van der Waals surface area contributed by atoms with Gasteiger partial charge < -0.3 is 0 Å². The van der Waals surface area contributed by atoms with Crippen molar-refractivity contribution in [3.8, 4) is 6.07 Å². The van der Waals surface area contributed by atoms with Crippen molar-refractivity contribution in [3.63, 3.8) is 0 Å². The standard InChI is InChI=1S/C14H19N3O2S/c1-11(2)7-8-17(13-4-5-13)20(18,19)14-6-3-12(9-15)16-10-14/h3,6,10-11,13H,4-5,7-8H2,1-2H3. The number of nitrogens with zero attached hydrogens (tertiary/aromatic N) is 3. The van der Waals surface area contributed by atoms with Crippen molar-refractivity contribution in [1.29, 1.82) is 5.26 Å². The molecule has 1 aromatic heterocycles. The van der Waals surface area contributed by atoms with E-state index in [1.807, 2.05) is 6.07 Å². The van der Waals surface area contributed by atoms with Gasteiger partial charge in [-0.3, -0.25) is 0 Å². The van der Waals surface area contributed by atoms with Crippen LogP contribution in [-0.4, -0.2) is 30.3 Å². The normalized spacial score (nSPS) is 15.6. The van der Waals surface area contributed by atoms with E-state index in [4.69, 9.17) is 5.26 Å². The first-order chi connectivity index (χ1) is 9.45. The van der Waals surface area contributed by atoms with Crippen LogP contribution in [0, 0.1) is 17.2 Å². The van der Waals surface area contributed by atoms with Crippen LogP contribution < -0.4 is 0 Å². The molecule has 0 unspecified atom stereocenters. The molecule has 0 radical (unpaired) electrons. The maximum absolute atomic E-state index is 12.6. The summed E-state index contributed by atoms with van der Waals surface area (Å²) in [6.07, 6.45) is 3.99. The molecule has 108 valence electrons. The molecule has 0 amide bonds. The lowest BCUT2D eigenvalue weighted by atomic mass is 10.1. The van der Waals surface area contributed by atoms with Crippen LogP contribution >= 0.6 is 0 Å². The second-order valence-electron chi connectivity index (χ2n) is 5.52. The highest BCUT2D eigenvalue weighted by Gasteiger charge is 2.37. The molecule has 1 saturated carbocycles. The molecular weight excluding hydrogens is 274 g/mol. The van der Waals surface area contributed by atoms with Gasteiger partial charge in [0.05, 0.1) is 0 Å². The van der Waals surface area contributed by atoms with Crippen molar-refractivity contribution in [1.82, 2.24) is 9.29 Å². The summed E-state index contributed by atoms with van der Waals surface area (Å²) in [5, 5.41) is 8.71. The van der Waals surface area contributed by atoms with E-state index in [9.17, 15) is 8.42 Å². The summed E-state index contributed by atoms with van der Waals surface area (Å²) in [6.45, 7) is 4.71. The van der Waals surface area contributed by atoms with E-state index in [2.05, 4.69) is 18.8 Å². The summed E-state index contributed by atoms with van der Waals surface area (Å²) in [5.74, 6) is 0.463. The van der Waals surface area contributed by atoms with Gasteiger partial charge in [0, 0.05) is 18.8 Å². The zero-order chi connectivity index (χ0) is 14.8. The summed E-state index contributed by atoms with van der Waals surface area (Å²) < 4.78 is 26.9. The van der Waals surface area contributed by atoms with Gasteiger partial charge >= 0.3 is 0 Å². The molecule has 20 heavy (non-hydrogen) atoms. The summed E-state index contributed by atoms with van der Waals surface area (Å²) in [4.78, 5) is 4.03. The quantitative estimate of drug-likeness (QED) is 0.805. The molecule has 2 rings (SSSR count). The smallest absolute Gasteiger partial charge is 0.244 e. The molecule has 1 aliphatic carbocycles. The Hall–Kier alpha value is -1.45. The zero-order valence-electron chi connectivity index (χ0n) is 11.8. The number of hydrogen-bond acceptors (Lipinski definition) is 4. The van der Waals surface area contributed by atoms with Crippen molar-refractivity contribution in [2.75, 3.05) is 6.54 Å². The molecule has 6 heteroatoms. The van der Waals surface area contributed by atoms with Gasteiger partial charge in [-0.25, -0.2) is 13.4 Å². The molecule has 1 aliphatic rings. The van der Waals surface area contributed by atoms with Gasteiger partial charge in [0.15, 0.2) is 0 Å². The Morgan fingerprint density at radius 2 is 2.15 bits per heavy atom. The molecule has 1 aromatic rings. The Balaban J connectivity index is 2.23. The summed E-state index contributed by atoms with van der Waals surface area (Å²) >= 11 is 0. The van der Waals surface area contributed by atoms with Crippen LogP contribution in [0.3, 0.4) is 0 Å². The van der Waals surface area contributed by atoms with Crippen molar-refractivity contribution in [2.45, 2.75) is 44.0 Å². The van der Waals surface area contributed by atoms with Gasteiger partial charge in [0.25, 0.3) is 0 Å². The Bertz CT molecular complexity index is 598. The van der Waals surface area contributed by atoms with Crippen molar-refractivity contribution < 1.29 is 8.42 Å². The van der Waals surface area contributed by atoms with Crippen molar-refractivity contribution in [2.24, 2.45) is 5.92 Å². The maximum Gasteiger partial charge on any atom is 0.244 e. The second kappa shape index (κ2) is 5.90. The molecule has 1 heterocycles. The second-order valence-corrected chi connectivity index (χ2v) is 7.41. The minimum absolute atomic E-state index is 0.134. The van der Waals surface area contributed by atoms with Crippen LogP contribution in [0.2, 0.25) is 0 Å². The molecule has 0 saturated heterocycles. The van der Waals surface area contributed by atoms with Crippen molar-refractivity contribution in [3.05, 3.63) is 24.0 Å². The fourth-order valence-electron chi connectivity index (χ4n) is 1.98. The van der Waals surface area contributed by atoms with Crippen LogP contribution in [0.5, 0.6) is 0 Å². The zero-order valence-corrected chi connectivity index (χ0v) is 12.6. The SMILES string of the molecule is CC(C)CCN(C1CC1)S(=O)(=O)c1ccc(C#N)nc1. The van der Waals surface area contributed by atoms with Crippen LogP contribution in [0.25, 0.3) is 0 Å². The van der Waals surface area contributed by atoms with E-state index in [1.54, 1.807) is 4.31 Å². The third-order valence-electron chi connectivity index (χ3n) is 3.34. The molecule has 0 bridgehead atoms. The summed E-state index contributed by atoms with van der Waals surface area (Å²) in [5.41, 5.74) is 0.226. The highest BCUT2D eigenvalue weighted by molar-refractivity contribution is 7.89. The predicted molar refractivity (Wildman–Crippen MR) is 75.3 cm³/mol. The van der Waals surface area contributed by atoms with Gasteiger partial charge in [-0.2, -0.15) is 9.57 Å². The van der Waals surface area contributed by atoms with Gasteiger partial charge in [0.2, 0.25) is 10.0 Å². The third-order valence-corrected chi connectivity index (χ3v) is 5.27. The maximum atomic E-state index is 12.6. The monoisotopic (exact) mass is 293 g/mol.